The van der Waals surface area contributed by atoms with E-state index in [0.29, 0.717) is 18.4 Å². The van der Waals surface area contributed by atoms with Crippen LogP contribution in [0.5, 0.6) is 5.75 Å². The molecule has 2 aromatic rings. The summed E-state index contributed by atoms with van der Waals surface area (Å²) < 4.78 is 24.6. The molecule has 3 atom stereocenters. The fourth-order valence-electron chi connectivity index (χ4n) is 4.18. The summed E-state index contributed by atoms with van der Waals surface area (Å²) >= 11 is 0. The number of aliphatic hydroxyl groups is 1. The summed E-state index contributed by atoms with van der Waals surface area (Å²) in [5.41, 5.74) is -3.12. The number of carbonyl (C=O) groups is 2. The highest BCUT2D eigenvalue weighted by Crippen LogP contribution is 2.38. The van der Waals surface area contributed by atoms with E-state index in [1.807, 2.05) is 6.92 Å². The van der Waals surface area contributed by atoms with E-state index in [9.17, 15) is 29.0 Å². The number of likely N-dealkylation sites (N-methyl/N-ethyl adjacent to an activating group) is 1. The van der Waals surface area contributed by atoms with Crippen molar-refractivity contribution in [3.8, 4) is 5.75 Å². The molecule has 1 aliphatic rings. The third kappa shape index (κ3) is 6.48. The maximum absolute atomic E-state index is 13.2. The van der Waals surface area contributed by atoms with E-state index in [0.717, 1.165) is 0 Å². The summed E-state index contributed by atoms with van der Waals surface area (Å²) in [6, 6.07) is 5.45. The normalized spacial score (nSPS) is 20.4. The van der Waals surface area contributed by atoms with Crippen LogP contribution in [0.4, 0.5) is 9.18 Å². The first kappa shape index (κ1) is 29.1. The van der Waals surface area contributed by atoms with Crippen LogP contribution in [0.2, 0.25) is 0 Å². The standard InChI is InChI=1S/C26H35FN4O7/c1-6-17(32)18-11-12-26(14-37-18,31(5)24(36)38-25(2,3)4)23-29-19(20(33)22(35)30-23)21(34)28-13-15-7-9-16(27)10-8-15/h7-10,17-18,32-33H,6,11-14H2,1-5H3,(H,28,34)(H,29,30,35). The van der Waals surface area contributed by atoms with Gasteiger partial charge in [0.1, 0.15) is 22.8 Å². The average Bonchev–Trinajstić information content (AvgIpc) is 2.87. The van der Waals surface area contributed by atoms with Gasteiger partial charge in [0.2, 0.25) is 5.75 Å². The number of aliphatic hydroxyl groups excluding tert-OH is 1. The molecule has 1 fully saturated rings. The number of nitrogens with zero attached hydrogens (tertiary/aromatic N) is 2. The van der Waals surface area contributed by atoms with Gasteiger partial charge in [-0.2, -0.15) is 0 Å². The molecule has 2 heterocycles. The summed E-state index contributed by atoms with van der Waals surface area (Å²) in [5, 5.41) is 23.2. The number of aromatic amines is 1. The zero-order valence-corrected chi connectivity index (χ0v) is 22.2. The Hall–Kier alpha value is -3.51. The molecule has 0 aliphatic carbocycles. The fourth-order valence-corrected chi connectivity index (χ4v) is 4.18. The number of aromatic hydroxyl groups is 1. The van der Waals surface area contributed by atoms with Crippen LogP contribution in [0, 0.1) is 5.82 Å². The third-order valence-electron chi connectivity index (χ3n) is 6.45. The number of hydrogen-bond donors (Lipinski definition) is 4. The van der Waals surface area contributed by atoms with Crippen molar-refractivity contribution >= 4 is 12.0 Å². The summed E-state index contributed by atoms with van der Waals surface area (Å²) in [7, 11) is 1.47. The van der Waals surface area contributed by atoms with Crippen LogP contribution < -0.4 is 10.9 Å². The van der Waals surface area contributed by atoms with E-state index in [4.69, 9.17) is 9.47 Å². The van der Waals surface area contributed by atoms with Crippen LogP contribution in [-0.4, -0.2) is 68.5 Å². The first-order valence-electron chi connectivity index (χ1n) is 12.4. The topological polar surface area (TPSA) is 154 Å². The van der Waals surface area contributed by atoms with Crippen molar-refractivity contribution in [2.75, 3.05) is 13.7 Å². The molecule has 11 nitrogen and oxygen atoms in total. The molecule has 0 bridgehead atoms. The van der Waals surface area contributed by atoms with Crippen molar-refractivity contribution in [1.29, 1.82) is 0 Å². The number of aromatic nitrogens is 2. The molecule has 12 heteroatoms. The molecule has 3 unspecified atom stereocenters. The molecule has 208 valence electrons. The molecule has 1 saturated heterocycles. The number of ether oxygens (including phenoxy) is 2. The SMILES string of the molecule is CCC(O)C1CCC(c2nc(C(=O)NCc3ccc(F)cc3)c(O)c(=O)[nH]2)(N(C)C(=O)OC(C)(C)C)CO1. The molecule has 3 rings (SSSR count). The second-order valence-corrected chi connectivity index (χ2v) is 10.4. The first-order valence-corrected chi connectivity index (χ1v) is 12.4. The van der Waals surface area contributed by atoms with E-state index < -0.39 is 58.2 Å². The van der Waals surface area contributed by atoms with E-state index >= 15 is 0 Å². The number of amides is 2. The van der Waals surface area contributed by atoms with E-state index in [2.05, 4.69) is 15.3 Å². The second-order valence-electron chi connectivity index (χ2n) is 10.4. The number of rotatable bonds is 7. The molecule has 0 saturated carbocycles. The minimum atomic E-state index is -1.37. The van der Waals surface area contributed by atoms with Gasteiger partial charge in [0, 0.05) is 13.6 Å². The Labute approximate surface area is 220 Å². The van der Waals surface area contributed by atoms with E-state index in [1.54, 1.807) is 20.8 Å². The lowest BCUT2D eigenvalue weighted by Crippen LogP contribution is -2.57. The van der Waals surface area contributed by atoms with Crippen molar-refractivity contribution in [3.05, 3.63) is 57.5 Å². The van der Waals surface area contributed by atoms with Crippen LogP contribution in [0.1, 0.15) is 68.8 Å². The molecule has 2 amide bonds. The van der Waals surface area contributed by atoms with Gasteiger partial charge in [-0.15, -0.1) is 0 Å². The Balaban J connectivity index is 1.98. The van der Waals surface area contributed by atoms with E-state index in [-0.39, 0.29) is 25.4 Å². The number of hydrogen-bond acceptors (Lipinski definition) is 8. The smallest absolute Gasteiger partial charge is 0.410 e. The van der Waals surface area contributed by atoms with Crippen molar-refractivity contribution in [2.24, 2.45) is 0 Å². The Morgan fingerprint density at radius 1 is 1.34 bits per heavy atom. The predicted octanol–water partition coefficient (Wildman–Crippen LogP) is 2.56. The van der Waals surface area contributed by atoms with Gasteiger partial charge in [-0.1, -0.05) is 19.1 Å². The summed E-state index contributed by atoms with van der Waals surface area (Å²) in [5.74, 6) is -2.24. The summed E-state index contributed by atoms with van der Waals surface area (Å²) in [4.78, 5) is 46.8. The Morgan fingerprint density at radius 3 is 2.55 bits per heavy atom. The number of carbonyl (C=O) groups excluding carboxylic acids is 2. The molecule has 1 aromatic heterocycles. The lowest BCUT2D eigenvalue weighted by atomic mass is 9.86. The second kappa shape index (κ2) is 11.5. The molecule has 0 radical (unpaired) electrons. The third-order valence-corrected chi connectivity index (χ3v) is 6.45. The average molecular weight is 535 g/mol. The van der Waals surface area contributed by atoms with Crippen LogP contribution >= 0.6 is 0 Å². The molecular weight excluding hydrogens is 499 g/mol. The Bertz CT molecular complexity index is 1200. The minimum absolute atomic E-state index is 0.00891. The number of H-pyrrole nitrogens is 1. The van der Waals surface area contributed by atoms with Gasteiger partial charge < -0.3 is 30.0 Å². The number of benzene rings is 1. The van der Waals surface area contributed by atoms with Crippen LogP contribution in [0.25, 0.3) is 0 Å². The molecular formula is C26H35FN4O7. The molecule has 0 spiro atoms. The monoisotopic (exact) mass is 534 g/mol. The van der Waals surface area contributed by atoms with Crippen LogP contribution in [0.15, 0.2) is 29.1 Å². The molecule has 38 heavy (non-hydrogen) atoms. The highest BCUT2D eigenvalue weighted by atomic mass is 19.1. The van der Waals surface area contributed by atoms with Gasteiger partial charge in [0.25, 0.3) is 11.5 Å². The number of halogens is 1. The lowest BCUT2D eigenvalue weighted by molar-refractivity contribution is -0.125. The quantitative estimate of drug-likeness (QED) is 0.423. The van der Waals surface area contributed by atoms with Crippen molar-refractivity contribution < 1.29 is 33.7 Å². The maximum Gasteiger partial charge on any atom is 0.410 e. The fraction of sp³-hybridized carbons (Fsp3) is 0.538. The largest absolute Gasteiger partial charge is 0.501 e. The molecule has 1 aromatic carbocycles. The highest BCUT2D eigenvalue weighted by molar-refractivity contribution is 5.94. The minimum Gasteiger partial charge on any atom is -0.501 e. The van der Waals surface area contributed by atoms with Crippen LogP contribution in [0.3, 0.4) is 0 Å². The van der Waals surface area contributed by atoms with Gasteiger partial charge in [-0.25, -0.2) is 14.2 Å². The zero-order chi connectivity index (χ0) is 28.3. The summed E-state index contributed by atoms with van der Waals surface area (Å²) in [6.07, 6.45) is -0.935. The Morgan fingerprint density at radius 2 is 2.00 bits per heavy atom. The van der Waals surface area contributed by atoms with Crippen molar-refractivity contribution in [2.45, 2.75) is 76.9 Å². The van der Waals surface area contributed by atoms with Gasteiger partial charge in [0.15, 0.2) is 5.69 Å². The predicted molar refractivity (Wildman–Crippen MR) is 135 cm³/mol. The molecule has 1 aliphatic heterocycles. The molecule has 4 N–H and O–H groups in total. The van der Waals surface area contributed by atoms with Crippen LogP contribution in [-0.2, 0) is 21.6 Å². The summed E-state index contributed by atoms with van der Waals surface area (Å²) in [6.45, 7) is 6.78. The van der Waals surface area contributed by atoms with E-state index in [1.165, 1.54) is 36.2 Å². The van der Waals surface area contributed by atoms with Gasteiger partial charge in [0.05, 0.1) is 18.8 Å². The van der Waals surface area contributed by atoms with Crippen molar-refractivity contribution in [1.82, 2.24) is 20.2 Å². The zero-order valence-electron chi connectivity index (χ0n) is 22.2. The Kier molecular flexibility index (Phi) is 8.78. The lowest BCUT2D eigenvalue weighted by Gasteiger charge is -2.45. The highest BCUT2D eigenvalue weighted by Gasteiger charge is 2.48. The maximum atomic E-state index is 13.2. The van der Waals surface area contributed by atoms with Gasteiger partial charge >= 0.3 is 6.09 Å². The van der Waals surface area contributed by atoms with Crippen molar-refractivity contribution in [3.63, 3.8) is 0 Å². The first-order chi connectivity index (χ1) is 17.8. The van der Waals surface area contributed by atoms with Gasteiger partial charge in [-0.3, -0.25) is 14.5 Å². The number of nitrogens with one attached hydrogen (secondary N) is 2. The van der Waals surface area contributed by atoms with Gasteiger partial charge in [-0.05, 0) is 57.7 Å².